The van der Waals surface area contributed by atoms with Crippen molar-refractivity contribution in [2.75, 3.05) is 12.8 Å². The fourth-order valence-corrected chi connectivity index (χ4v) is 2.52. The number of hydrogen-bond donors (Lipinski definition) is 1. The number of carbonyl (C=O) groups is 1. The van der Waals surface area contributed by atoms with Gasteiger partial charge in [-0.25, -0.2) is 4.79 Å². The Balaban J connectivity index is 3.04. The van der Waals surface area contributed by atoms with Crippen LogP contribution in [0.15, 0.2) is 6.20 Å². The van der Waals surface area contributed by atoms with Gasteiger partial charge in [-0.3, -0.25) is 4.98 Å². The summed E-state index contributed by atoms with van der Waals surface area (Å²) in [5, 5.41) is 10.3. The zero-order valence-corrected chi connectivity index (χ0v) is 15.1. The van der Waals surface area contributed by atoms with Crippen LogP contribution in [0.25, 0.3) is 0 Å². The highest BCUT2D eigenvalue weighted by atomic mass is 32.2. The summed E-state index contributed by atoms with van der Waals surface area (Å²) < 4.78 is 5.42. The van der Waals surface area contributed by atoms with E-state index in [1.165, 1.54) is 0 Å². The lowest BCUT2D eigenvalue weighted by Gasteiger charge is -2.27. The molecule has 0 aromatic carbocycles. The third-order valence-electron chi connectivity index (χ3n) is 3.11. The smallest absolute Gasteiger partial charge is 0.410 e. The molecule has 0 fully saturated rings. The van der Waals surface area contributed by atoms with Crippen LogP contribution in [0.4, 0.5) is 4.79 Å². The van der Waals surface area contributed by atoms with E-state index in [0.717, 1.165) is 16.9 Å². The van der Waals surface area contributed by atoms with E-state index in [9.17, 15) is 9.90 Å². The minimum atomic E-state index is -0.539. The monoisotopic (exact) mass is 326 g/mol. The van der Waals surface area contributed by atoms with Gasteiger partial charge in [0.25, 0.3) is 0 Å². The maximum absolute atomic E-state index is 12.3. The van der Waals surface area contributed by atoms with Crippen LogP contribution in [0, 0.1) is 6.92 Å². The van der Waals surface area contributed by atoms with Crippen LogP contribution in [0.5, 0.6) is 5.75 Å². The number of nitrogens with zero attached hydrogens (tertiary/aromatic N) is 2. The number of aryl methyl sites for hydroxylation is 1. The Kier molecular flexibility index (Phi) is 6.53. The highest BCUT2D eigenvalue weighted by Gasteiger charge is 2.23. The number of rotatable bonds is 5. The van der Waals surface area contributed by atoms with Gasteiger partial charge in [0.2, 0.25) is 0 Å². The fraction of sp³-hybridized carbons (Fsp3) is 0.625. The van der Waals surface area contributed by atoms with Crippen LogP contribution in [0.2, 0.25) is 0 Å². The Morgan fingerprint density at radius 1 is 1.45 bits per heavy atom. The highest BCUT2D eigenvalue weighted by Crippen LogP contribution is 2.28. The first-order valence-corrected chi connectivity index (χ1v) is 8.72. The Bertz CT molecular complexity index is 527. The Morgan fingerprint density at radius 2 is 2.09 bits per heavy atom. The van der Waals surface area contributed by atoms with Crippen LogP contribution in [-0.4, -0.2) is 39.5 Å². The average Bonchev–Trinajstić information content (AvgIpc) is 2.41. The van der Waals surface area contributed by atoms with Crippen molar-refractivity contribution in [2.45, 2.75) is 52.5 Å². The number of hydrogen-bond acceptors (Lipinski definition) is 5. The normalized spacial score (nSPS) is 11.4. The Hall–Kier alpha value is -1.43. The molecule has 124 valence electrons. The molecule has 1 aromatic heterocycles. The Morgan fingerprint density at radius 3 is 2.59 bits per heavy atom. The largest absolute Gasteiger partial charge is 0.506 e. The van der Waals surface area contributed by atoms with Crippen LogP contribution in [-0.2, 0) is 17.0 Å². The van der Waals surface area contributed by atoms with E-state index in [0.29, 0.717) is 18.8 Å². The molecule has 0 aliphatic carbocycles. The molecule has 0 saturated carbocycles. The second-order valence-corrected chi connectivity index (χ2v) is 6.99. The first kappa shape index (κ1) is 18.6. The van der Waals surface area contributed by atoms with Gasteiger partial charge < -0.3 is 14.7 Å². The standard InChI is InChI=1S/C16H26N2O3S/c1-7-18(15(20)21-16(3,4)5)9-13-12(10-22-6)8-17-11(2)14(13)19/h8,19H,7,9-10H2,1-6H3. The summed E-state index contributed by atoms with van der Waals surface area (Å²) in [7, 11) is 0. The SMILES string of the molecule is CCN(Cc1c(CSC)cnc(C)c1O)C(=O)OC(C)(C)C. The molecule has 0 radical (unpaired) electrons. The minimum absolute atomic E-state index is 0.161. The van der Waals surface area contributed by atoms with Gasteiger partial charge >= 0.3 is 6.09 Å². The number of amides is 1. The minimum Gasteiger partial charge on any atom is -0.506 e. The average molecular weight is 326 g/mol. The number of aromatic hydroxyl groups is 1. The van der Waals surface area contributed by atoms with Gasteiger partial charge in [0.05, 0.1) is 12.2 Å². The van der Waals surface area contributed by atoms with E-state index in [1.54, 1.807) is 29.8 Å². The summed E-state index contributed by atoms with van der Waals surface area (Å²) in [5.41, 5.74) is 1.72. The van der Waals surface area contributed by atoms with Crippen molar-refractivity contribution in [3.63, 3.8) is 0 Å². The molecule has 1 heterocycles. The molecule has 0 spiro atoms. The van der Waals surface area contributed by atoms with Gasteiger partial charge in [-0.05, 0) is 46.4 Å². The number of carbonyl (C=O) groups excluding carboxylic acids is 1. The van der Waals surface area contributed by atoms with Crippen molar-refractivity contribution in [1.82, 2.24) is 9.88 Å². The molecule has 0 bridgehead atoms. The van der Waals surface area contributed by atoms with E-state index in [1.807, 2.05) is 34.0 Å². The number of aromatic nitrogens is 1. The van der Waals surface area contributed by atoms with Gasteiger partial charge in [0.15, 0.2) is 0 Å². The van der Waals surface area contributed by atoms with E-state index in [-0.39, 0.29) is 11.8 Å². The molecule has 1 N–H and O–H groups in total. The van der Waals surface area contributed by atoms with Crippen molar-refractivity contribution >= 4 is 17.9 Å². The van der Waals surface area contributed by atoms with E-state index < -0.39 is 5.60 Å². The van der Waals surface area contributed by atoms with Crippen LogP contribution in [0.1, 0.15) is 44.5 Å². The molecular formula is C16H26N2O3S. The van der Waals surface area contributed by atoms with Gasteiger partial charge in [-0.2, -0.15) is 11.8 Å². The van der Waals surface area contributed by atoms with E-state index >= 15 is 0 Å². The molecule has 0 unspecified atom stereocenters. The second kappa shape index (κ2) is 7.72. The van der Waals surface area contributed by atoms with E-state index in [4.69, 9.17) is 4.74 Å². The maximum atomic E-state index is 12.3. The molecule has 1 aromatic rings. The predicted octanol–water partition coefficient (Wildman–Crippen LogP) is 3.72. The topological polar surface area (TPSA) is 62.7 Å². The van der Waals surface area contributed by atoms with Crippen molar-refractivity contribution < 1.29 is 14.6 Å². The number of thioether (sulfide) groups is 1. The molecule has 0 atom stereocenters. The molecule has 22 heavy (non-hydrogen) atoms. The molecule has 0 aliphatic heterocycles. The van der Waals surface area contributed by atoms with E-state index in [2.05, 4.69) is 4.98 Å². The van der Waals surface area contributed by atoms with Crippen LogP contribution >= 0.6 is 11.8 Å². The highest BCUT2D eigenvalue weighted by molar-refractivity contribution is 7.97. The molecule has 5 nitrogen and oxygen atoms in total. The number of pyridine rings is 1. The summed E-state index contributed by atoms with van der Waals surface area (Å²) in [6.45, 7) is 9.99. The lowest BCUT2D eigenvalue weighted by Crippen LogP contribution is -2.36. The molecule has 6 heteroatoms. The van der Waals surface area contributed by atoms with Crippen LogP contribution in [0.3, 0.4) is 0 Å². The zero-order valence-electron chi connectivity index (χ0n) is 14.3. The lowest BCUT2D eigenvalue weighted by molar-refractivity contribution is 0.0243. The molecule has 1 rings (SSSR count). The van der Waals surface area contributed by atoms with Gasteiger partial charge in [0, 0.05) is 24.1 Å². The first-order chi connectivity index (χ1) is 10.2. The third kappa shape index (κ3) is 5.09. The second-order valence-electron chi connectivity index (χ2n) is 6.12. The van der Waals surface area contributed by atoms with Crippen molar-refractivity contribution in [2.24, 2.45) is 0 Å². The fourth-order valence-electron chi connectivity index (χ4n) is 1.96. The summed E-state index contributed by atoms with van der Waals surface area (Å²) >= 11 is 1.65. The molecule has 0 saturated heterocycles. The zero-order chi connectivity index (χ0) is 16.9. The predicted molar refractivity (Wildman–Crippen MR) is 90.2 cm³/mol. The van der Waals surface area contributed by atoms with Crippen molar-refractivity contribution in [3.8, 4) is 5.75 Å². The summed E-state index contributed by atoms with van der Waals surface area (Å²) in [5.74, 6) is 0.899. The lowest BCUT2D eigenvalue weighted by atomic mass is 10.1. The maximum Gasteiger partial charge on any atom is 0.410 e. The molecule has 0 aliphatic rings. The summed E-state index contributed by atoms with van der Waals surface area (Å²) in [6.07, 6.45) is 3.38. The van der Waals surface area contributed by atoms with Crippen molar-refractivity contribution in [1.29, 1.82) is 0 Å². The Labute approximate surface area is 137 Å². The van der Waals surface area contributed by atoms with Crippen molar-refractivity contribution in [3.05, 3.63) is 23.0 Å². The third-order valence-corrected chi connectivity index (χ3v) is 3.71. The van der Waals surface area contributed by atoms with Gasteiger partial charge in [-0.15, -0.1) is 0 Å². The quantitative estimate of drug-likeness (QED) is 0.893. The van der Waals surface area contributed by atoms with Crippen LogP contribution < -0.4 is 0 Å². The summed E-state index contributed by atoms with van der Waals surface area (Å²) in [4.78, 5) is 18.0. The number of ether oxygens (including phenoxy) is 1. The molecule has 1 amide bonds. The summed E-state index contributed by atoms with van der Waals surface area (Å²) in [6, 6.07) is 0. The van der Waals surface area contributed by atoms with Gasteiger partial charge in [-0.1, -0.05) is 0 Å². The van der Waals surface area contributed by atoms with Gasteiger partial charge in [0.1, 0.15) is 11.4 Å². The molecular weight excluding hydrogens is 300 g/mol. The first-order valence-electron chi connectivity index (χ1n) is 7.32.